The summed E-state index contributed by atoms with van der Waals surface area (Å²) >= 11 is 3.58. The van der Waals surface area contributed by atoms with Crippen LogP contribution in [-0.4, -0.2) is 60.3 Å². The van der Waals surface area contributed by atoms with Gasteiger partial charge in [0.15, 0.2) is 0 Å². The summed E-state index contributed by atoms with van der Waals surface area (Å²) in [7, 11) is 0. The molecule has 1 aliphatic heterocycles. The summed E-state index contributed by atoms with van der Waals surface area (Å²) < 4.78 is 12.6. The molecule has 1 amide bonds. The Kier molecular flexibility index (Phi) is 6.97. The first-order valence-electron chi connectivity index (χ1n) is 9.18. The van der Waals surface area contributed by atoms with E-state index >= 15 is 0 Å². The zero-order valence-corrected chi connectivity index (χ0v) is 18.4. The molecule has 1 aromatic rings. The molecule has 0 saturated carbocycles. The topological polar surface area (TPSA) is 42.0 Å². The molecule has 0 radical (unpaired) electrons. The summed E-state index contributed by atoms with van der Waals surface area (Å²) in [6.07, 6.45) is -0.221. The zero-order valence-electron chi connectivity index (χ0n) is 16.8. The zero-order chi connectivity index (χ0) is 19.5. The van der Waals surface area contributed by atoms with Gasteiger partial charge in [-0.15, -0.1) is 0 Å². The molecule has 0 unspecified atom stereocenters. The molecule has 0 aliphatic carbocycles. The lowest BCUT2D eigenvalue weighted by Gasteiger charge is -2.40. The summed E-state index contributed by atoms with van der Waals surface area (Å²) in [5.41, 5.74) is 1.91. The second-order valence-corrected chi connectivity index (χ2v) is 8.82. The Hall–Kier alpha value is -1.27. The molecule has 146 valence electrons. The normalized spacial score (nSPS) is 18.7. The second kappa shape index (κ2) is 8.61. The van der Waals surface area contributed by atoms with Crippen LogP contribution in [0, 0.1) is 13.8 Å². The van der Waals surface area contributed by atoms with Crippen molar-refractivity contribution in [3.63, 3.8) is 0 Å². The van der Waals surface area contributed by atoms with Gasteiger partial charge in [-0.25, -0.2) is 4.79 Å². The number of piperazine rings is 1. The lowest BCUT2D eigenvalue weighted by Crippen LogP contribution is -2.55. The molecule has 1 atom stereocenters. The maximum Gasteiger partial charge on any atom is 0.410 e. The number of rotatable bonds is 4. The molecule has 0 bridgehead atoms. The Bertz CT molecular complexity index is 619. The predicted octanol–water partition coefficient (Wildman–Crippen LogP) is 4.39. The summed E-state index contributed by atoms with van der Waals surface area (Å²) in [6, 6.07) is 4.40. The van der Waals surface area contributed by atoms with Crippen LogP contribution in [0.4, 0.5) is 4.79 Å². The van der Waals surface area contributed by atoms with Crippen molar-refractivity contribution in [3.05, 3.63) is 27.7 Å². The molecule has 2 rings (SSSR count). The van der Waals surface area contributed by atoms with Crippen molar-refractivity contribution in [2.75, 3.05) is 32.8 Å². The SMILES string of the molecule is Cc1cc(OCCN2CCN(C(=O)OC(C)(C)C)C[C@H]2C)cc(C)c1Br. The lowest BCUT2D eigenvalue weighted by molar-refractivity contribution is 0.00430. The molecule has 0 N–H and O–H groups in total. The first-order chi connectivity index (χ1) is 12.1. The number of amides is 1. The molecule has 1 fully saturated rings. The van der Waals surface area contributed by atoms with E-state index in [9.17, 15) is 4.79 Å². The van der Waals surface area contributed by atoms with Gasteiger partial charge >= 0.3 is 6.09 Å². The lowest BCUT2D eigenvalue weighted by atomic mass is 10.1. The number of hydrogen-bond acceptors (Lipinski definition) is 4. The van der Waals surface area contributed by atoms with Crippen LogP contribution in [0.25, 0.3) is 0 Å². The van der Waals surface area contributed by atoms with E-state index in [0.29, 0.717) is 19.7 Å². The predicted molar refractivity (Wildman–Crippen MR) is 108 cm³/mol. The fraction of sp³-hybridized carbons (Fsp3) is 0.650. The third-order valence-corrected chi connectivity index (χ3v) is 5.72. The molecule has 5 nitrogen and oxygen atoms in total. The van der Waals surface area contributed by atoms with Gasteiger partial charge in [0.2, 0.25) is 0 Å². The number of benzene rings is 1. The van der Waals surface area contributed by atoms with Crippen molar-refractivity contribution in [1.29, 1.82) is 0 Å². The van der Waals surface area contributed by atoms with E-state index < -0.39 is 5.60 Å². The summed E-state index contributed by atoms with van der Waals surface area (Å²) in [6.45, 7) is 15.7. The minimum absolute atomic E-state index is 0.221. The molecular formula is C20H31BrN2O3. The van der Waals surface area contributed by atoms with E-state index in [1.807, 2.05) is 20.8 Å². The maximum absolute atomic E-state index is 12.2. The highest BCUT2D eigenvalue weighted by Gasteiger charge is 2.29. The molecule has 26 heavy (non-hydrogen) atoms. The van der Waals surface area contributed by atoms with Gasteiger partial charge in [0.25, 0.3) is 0 Å². The van der Waals surface area contributed by atoms with E-state index in [1.54, 1.807) is 4.90 Å². The van der Waals surface area contributed by atoms with Crippen molar-refractivity contribution >= 4 is 22.0 Å². The summed E-state index contributed by atoms with van der Waals surface area (Å²) in [5.74, 6) is 0.906. The number of halogens is 1. The molecule has 6 heteroatoms. The summed E-state index contributed by atoms with van der Waals surface area (Å²) in [5, 5.41) is 0. The van der Waals surface area contributed by atoms with Gasteiger partial charge in [0.1, 0.15) is 18.0 Å². The first-order valence-corrected chi connectivity index (χ1v) is 9.97. The van der Waals surface area contributed by atoms with Crippen LogP contribution in [0.3, 0.4) is 0 Å². The highest BCUT2D eigenvalue weighted by Crippen LogP contribution is 2.26. The van der Waals surface area contributed by atoms with Gasteiger partial charge in [0.05, 0.1) is 0 Å². The molecule has 0 aromatic heterocycles. The van der Waals surface area contributed by atoms with Gasteiger partial charge in [-0.3, -0.25) is 4.90 Å². The number of ether oxygens (including phenoxy) is 2. The highest BCUT2D eigenvalue weighted by atomic mass is 79.9. The Labute approximate surface area is 165 Å². The van der Waals surface area contributed by atoms with Crippen LogP contribution in [0.5, 0.6) is 5.75 Å². The number of aryl methyl sites for hydroxylation is 2. The number of hydrogen-bond donors (Lipinski definition) is 0. The Balaban J connectivity index is 1.81. The van der Waals surface area contributed by atoms with Crippen LogP contribution in [0.2, 0.25) is 0 Å². The van der Waals surface area contributed by atoms with E-state index in [2.05, 4.69) is 53.7 Å². The van der Waals surface area contributed by atoms with Crippen molar-refractivity contribution < 1.29 is 14.3 Å². The van der Waals surface area contributed by atoms with Crippen molar-refractivity contribution in [3.8, 4) is 5.75 Å². The van der Waals surface area contributed by atoms with E-state index in [1.165, 1.54) is 11.1 Å². The molecule has 1 saturated heterocycles. The van der Waals surface area contributed by atoms with E-state index in [4.69, 9.17) is 9.47 Å². The standard InChI is InChI=1S/C20H31BrN2O3/c1-14-11-17(12-15(2)18(14)21)25-10-9-22-7-8-23(13-16(22)3)19(24)26-20(4,5)6/h11-12,16H,7-10,13H2,1-6H3/t16-/m1/s1. The fourth-order valence-corrected chi connectivity index (χ4v) is 3.32. The molecule has 1 heterocycles. The van der Waals surface area contributed by atoms with Crippen molar-refractivity contribution in [1.82, 2.24) is 9.80 Å². The van der Waals surface area contributed by atoms with Crippen molar-refractivity contribution in [2.24, 2.45) is 0 Å². The monoisotopic (exact) mass is 426 g/mol. The van der Waals surface area contributed by atoms with Crippen LogP contribution < -0.4 is 4.74 Å². The first kappa shape index (κ1) is 21.0. The number of carbonyl (C=O) groups is 1. The average molecular weight is 427 g/mol. The third kappa shape index (κ3) is 5.88. The smallest absolute Gasteiger partial charge is 0.410 e. The number of nitrogens with zero attached hydrogens (tertiary/aromatic N) is 2. The van der Waals surface area contributed by atoms with Gasteiger partial charge in [-0.1, -0.05) is 15.9 Å². The molecular weight excluding hydrogens is 396 g/mol. The second-order valence-electron chi connectivity index (χ2n) is 8.03. The van der Waals surface area contributed by atoms with Gasteiger partial charge in [0, 0.05) is 36.7 Å². The van der Waals surface area contributed by atoms with Gasteiger partial charge in [-0.2, -0.15) is 0 Å². The van der Waals surface area contributed by atoms with E-state index in [-0.39, 0.29) is 12.1 Å². The minimum Gasteiger partial charge on any atom is -0.492 e. The van der Waals surface area contributed by atoms with Gasteiger partial charge in [-0.05, 0) is 64.8 Å². The largest absolute Gasteiger partial charge is 0.492 e. The highest BCUT2D eigenvalue weighted by molar-refractivity contribution is 9.10. The molecule has 1 aliphatic rings. The van der Waals surface area contributed by atoms with Crippen LogP contribution in [0.15, 0.2) is 16.6 Å². The molecule has 1 aromatic carbocycles. The van der Waals surface area contributed by atoms with Gasteiger partial charge < -0.3 is 14.4 Å². The maximum atomic E-state index is 12.2. The minimum atomic E-state index is -0.452. The van der Waals surface area contributed by atoms with Crippen molar-refractivity contribution in [2.45, 2.75) is 53.2 Å². The number of carbonyl (C=O) groups excluding carboxylic acids is 1. The molecule has 0 spiro atoms. The van der Waals surface area contributed by atoms with Crippen LogP contribution >= 0.6 is 15.9 Å². The third-order valence-electron chi connectivity index (χ3n) is 4.47. The van der Waals surface area contributed by atoms with Crippen LogP contribution in [-0.2, 0) is 4.74 Å². The van der Waals surface area contributed by atoms with E-state index in [0.717, 1.165) is 23.3 Å². The Morgan fingerprint density at radius 3 is 2.38 bits per heavy atom. The summed E-state index contributed by atoms with van der Waals surface area (Å²) in [4.78, 5) is 16.4. The van der Waals surface area contributed by atoms with Crippen LogP contribution in [0.1, 0.15) is 38.8 Å². The average Bonchev–Trinajstić information content (AvgIpc) is 2.52. The fourth-order valence-electron chi connectivity index (χ4n) is 3.09. The Morgan fingerprint density at radius 2 is 1.85 bits per heavy atom. The Morgan fingerprint density at radius 1 is 1.23 bits per heavy atom. The quantitative estimate of drug-likeness (QED) is 0.715.